The number of ether oxygens (including phenoxy) is 1. The maximum absolute atomic E-state index is 12.9. The fraction of sp³-hybridized carbons (Fsp3) is 0.200. The largest absolute Gasteiger partial charge is 0.497 e. The van der Waals surface area contributed by atoms with Crippen LogP contribution in [-0.4, -0.2) is 27.5 Å². The average Bonchev–Trinajstić information content (AvgIpc) is 2.68. The topological polar surface area (TPSA) is 84.8 Å². The second-order valence-corrected chi connectivity index (χ2v) is 8.50. The molecular weight excluding hydrogens is 400 g/mol. The molecule has 0 spiro atoms. The van der Waals surface area contributed by atoms with Crippen LogP contribution in [0.25, 0.3) is 0 Å². The van der Waals surface area contributed by atoms with E-state index < -0.39 is 15.8 Å². The lowest BCUT2D eigenvalue weighted by molar-refractivity contribution is 0.103. The maximum atomic E-state index is 12.9. The van der Waals surface area contributed by atoms with E-state index in [1.54, 1.807) is 24.4 Å². The van der Waals surface area contributed by atoms with E-state index in [0.717, 1.165) is 6.42 Å². The molecule has 1 atom stereocenters. The number of nitrogens with zero attached hydrogens (tertiary/aromatic N) is 1. The summed E-state index contributed by atoms with van der Waals surface area (Å²) in [6, 6.07) is 10.4. The van der Waals surface area contributed by atoms with Crippen LogP contribution in [0, 0.1) is 5.92 Å². The molecule has 1 aliphatic heterocycles. The van der Waals surface area contributed by atoms with Gasteiger partial charge >= 0.3 is 0 Å². The van der Waals surface area contributed by atoms with Gasteiger partial charge in [0.1, 0.15) is 11.4 Å². The van der Waals surface area contributed by atoms with E-state index in [9.17, 15) is 13.2 Å². The molecule has 8 heteroatoms. The molecule has 0 aliphatic carbocycles. The fourth-order valence-corrected chi connectivity index (χ4v) is 3.97. The molecule has 0 radical (unpaired) electrons. The summed E-state index contributed by atoms with van der Waals surface area (Å²) in [6.07, 6.45) is 4.21. The predicted molar refractivity (Wildman–Crippen MR) is 110 cm³/mol. The van der Waals surface area contributed by atoms with Crippen LogP contribution < -0.4 is 9.46 Å². The number of methoxy groups -OCH3 is 1. The molecule has 28 heavy (non-hydrogen) atoms. The second kappa shape index (κ2) is 8.16. The number of benzene rings is 2. The number of anilines is 1. The van der Waals surface area contributed by atoms with E-state index in [4.69, 9.17) is 16.3 Å². The molecule has 0 bridgehead atoms. The Labute approximate surface area is 168 Å². The summed E-state index contributed by atoms with van der Waals surface area (Å²) in [5.74, 6) is 0.324. The van der Waals surface area contributed by atoms with Crippen molar-refractivity contribution in [3.63, 3.8) is 0 Å². The number of carbonyl (C=O) groups is 1. The van der Waals surface area contributed by atoms with Gasteiger partial charge in [-0.25, -0.2) is 8.42 Å². The molecule has 1 aliphatic rings. The third-order valence-corrected chi connectivity index (χ3v) is 5.84. The molecule has 146 valence electrons. The fourth-order valence-electron chi connectivity index (χ4n) is 2.72. The number of halogens is 1. The van der Waals surface area contributed by atoms with E-state index in [-0.39, 0.29) is 27.8 Å². The Morgan fingerprint density at radius 1 is 1.21 bits per heavy atom. The minimum atomic E-state index is -3.91. The van der Waals surface area contributed by atoms with Crippen molar-refractivity contribution < 1.29 is 17.9 Å². The van der Waals surface area contributed by atoms with E-state index in [1.165, 1.54) is 37.4 Å². The van der Waals surface area contributed by atoms with Crippen molar-refractivity contribution in [2.75, 3.05) is 11.8 Å². The molecular formula is C20H19ClN2O4S. The first-order valence-electron chi connectivity index (χ1n) is 8.55. The highest BCUT2D eigenvalue weighted by atomic mass is 35.5. The van der Waals surface area contributed by atoms with Crippen LogP contribution in [0.5, 0.6) is 5.75 Å². The number of hydrogen-bond acceptors (Lipinski definition) is 5. The van der Waals surface area contributed by atoms with Gasteiger partial charge in [0, 0.05) is 16.8 Å². The minimum absolute atomic E-state index is 0.0465. The van der Waals surface area contributed by atoms with Gasteiger partial charge in [-0.3, -0.25) is 14.5 Å². The molecule has 1 unspecified atom stereocenters. The van der Waals surface area contributed by atoms with Crippen LogP contribution >= 0.6 is 11.6 Å². The zero-order valence-corrected chi connectivity index (χ0v) is 16.9. The summed E-state index contributed by atoms with van der Waals surface area (Å²) >= 11 is 6.05. The zero-order valence-electron chi connectivity index (χ0n) is 15.3. The highest BCUT2D eigenvalue weighted by molar-refractivity contribution is 7.92. The van der Waals surface area contributed by atoms with Crippen LogP contribution in [0.3, 0.4) is 0 Å². The molecule has 6 nitrogen and oxygen atoms in total. The van der Waals surface area contributed by atoms with E-state index >= 15 is 0 Å². The minimum Gasteiger partial charge on any atom is -0.497 e. The van der Waals surface area contributed by atoms with Crippen molar-refractivity contribution in [3.05, 3.63) is 64.8 Å². The number of rotatable bonds is 6. The number of sulfonamides is 1. The third-order valence-electron chi connectivity index (χ3n) is 4.22. The monoisotopic (exact) mass is 418 g/mol. The lowest BCUT2D eigenvalue weighted by Gasteiger charge is -2.15. The number of aliphatic imine (C=N–C) groups is 1. The number of hydrogen-bond donors (Lipinski definition) is 1. The standard InChI is InChI=1S/C20H19ClN2O4S/c1-13-9-10-22-19(11-13)20(24)17-12-14(21)3-8-18(17)23-28(25,26)16-6-4-15(27-2)5-7-16/h3-8,10-13,23H,9H2,1-2H3. The first-order chi connectivity index (χ1) is 13.3. The lowest BCUT2D eigenvalue weighted by Crippen LogP contribution is -2.17. The van der Waals surface area contributed by atoms with Gasteiger partial charge < -0.3 is 4.74 Å². The average molecular weight is 419 g/mol. The molecule has 0 saturated heterocycles. The molecule has 0 saturated carbocycles. The van der Waals surface area contributed by atoms with Crippen molar-refractivity contribution in [1.29, 1.82) is 0 Å². The van der Waals surface area contributed by atoms with Crippen molar-refractivity contribution >= 4 is 39.3 Å². The Bertz CT molecular complexity index is 1060. The normalized spacial score (nSPS) is 16.4. The second-order valence-electron chi connectivity index (χ2n) is 6.38. The summed E-state index contributed by atoms with van der Waals surface area (Å²) in [5, 5.41) is 0.323. The summed E-state index contributed by atoms with van der Waals surface area (Å²) in [7, 11) is -2.41. The first kappa shape index (κ1) is 20.1. The van der Waals surface area contributed by atoms with Crippen LogP contribution in [0.1, 0.15) is 23.7 Å². The van der Waals surface area contributed by atoms with Gasteiger partial charge in [-0.1, -0.05) is 24.6 Å². The quantitative estimate of drug-likeness (QED) is 0.707. The lowest BCUT2D eigenvalue weighted by atomic mass is 10.00. The Morgan fingerprint density at radius 2 is 1.93 bits per heavy atom. The zero-order chi connectivity index (χ0) is 20.3. The first-order valence-corrected chi connectivity index (χ1v) is 10.4. The predicted octanol–water partition coefficient (Wildman–Crippen LogP) is 4.33. The number of ketones is 1. The molecule has 0 amide bonds. The van der Waals surface area contributed by atoms with Crippen LogP contribution in [0.2, 0.25) is 5.02 Å². The van der Waals surface area contributed by atoms with Crippen LogP contribution in [-0.2, 0) is 10.0 Å². The van der Waals surface area contributed by atoms with E-state index in [0.29, 0.717) is 10.8 Å². The van der Waals surface area contributed by atoms with Gasteiger partial charge in [-0.15, -0.1) is 0 Å². The Hall–Kier alpha value is -2.64. The van der Waals surface area contributed by atoms with Crippen LogP contribution in [0.15, 0.2) is 64.1 Å². The summed E-state index contributed by atoms with van der Waals surface area (Å²) in [6.45, 7) is 1.98. The van der Waals surface area contributed by atoms with Crippen LogP contribution in [0.4, 0.5) is 5.69 Å². The SMILES string of the molecule is COc1ccc(S(=O)(=O)Nc2ccc(Cl)cc2C(=O)C2=CC(C)CC=N2)cc1. The highest BCUT2D eigenvalue weighted by Gasteiger charge is 2.22. The van der Waals surface area contributed by atoms with Gasteiger partial charge in [0.05, 0.1) is 17.7 Å². The number of Topliss-reactive ketones (excluding diaryl/α,β-unsaturated/α-hetero) is 1. The number of nitrogens with one attached hydrogen (secondary N) is 1. The number of carbonyl (C=O) groups excluding carboxylic acids is 1. The smallest absolute Gasteiger partial charge is 0.261 e. The molecule has 0 fully saturated rings. The molecule has 3 rings (SSSR count). The molecule has 1 heterocycles. The molecule has 2 aromatic carbocycles. The molecule has 1 N–H and O–H groups in total. The summed E-state index contributed by atoms with van der Waals surface area (Å²) < 4.78 is 33.0. The highest BCUT2D eigenvalue weighted by Crippen LogP contribution is 2.28. The van der Waals surface area contributed by atoms with Crippen molar-refractivity contribution in [2.24, 2.45) is 10.9 Å². The summed E-state index contributed by atoms with van der Waals surface area (Å²) in [5.41, 5.74) is 0.549. The van der Waals surface area contributed by atoms with Gasteiger partial charge in [-0.05, 0) is 54.8 Å². The Balaban J connectivity index is 1.96. The van der Waals surface area contributed by atoms with Gasteiger partial charge in [0.15, 0.2) is 0 Å². The van der Waals surface area contributed by atoms with Crippen molar-refractivity contribution in [1.82, 2.24) is 0 Å². The third kappa shape index (κ3) is 4.43. The van der Waals surface area contributed by atoms with E-state index in [1.807, 2.05) is 6.92 Å². The summed E-state index contributed by atoms with van der Waals surface area (Å²) in [4.78, 5) is 17.1. The van der Waals surface area contributed by atoms with Crippen molar-refractivity contribution in [2.45, 2.75) is 18.2 Å². The molecule has 0 aromatic heterocycles. The number of allylic oxidation sites excluding steroid dienone is 2. The van der Waals surface area contributed by atoms with Gasteiger partial charge in [-0.2, -0.15) is 0 Å². The Morgan fingerprint density at radius 3 is 2.57 bits per heavy atom. The van der Waals surface area contributed by atoms with Crippen molar-refractivity contribution in [3.8, 4) is 5.75 Å². The Kier molecular flexibility index (Phi) is 5.86. The van der Waals surface area contributed by atoms with E-state index in [2.05, 4.69) is 9.71 Å². The van der Waals surface area contributed by atoms with Gasteiger partial charge in [0.25, 0.3) is 10.0 Å². The maximum Gasteiger partial charge on any atom is 0.261 e. The van der Waals surface area contributed by atoms with Gasteiger partial charge in [0.2, 0.25) is 5.78 Å². The molecule has 2 aromatic rings.